The third kappa shape index (κ3) is 2.59. The van der Waals surface area contributed by atoms with Crippen LogP contribution in [0.1, 0.15) is 41.3 Å². The second kappa shape index (κ2) is 4.91. The van der Waals surface area contributed by atoms with Crippen molar-refractivity contribution < 1.29 is 4.79 Å². The molecule has 16 heavy (non-hydrogen) atoms. The van der Waals surface area contributed by atoms with E-state index < -0.39 is 0 Å². The van der Waals surface area contributed by atoms with Crippen LogP contribution in [0.15, 0.2) is 11.6 Å². The van der Waals surface area contributed by atoms with E-state index in [1.54, 1.807) is 11.3 Å². The second-order valence-electron chi connectivity index (χ2n) is 4.32. The number of carbonyl (C=O) groups is 1. The van der Waals surface area contributed by atoms with Crippen molar-refractivity contribution in [3.05, 3.63) is 27.2 Å². The maximum Gasteiger partial charge on any atom is 0.165 e. The Bertz CT molecular complexity index is 412. The molecule has 2 rings (SSSR count). The molecule has 1 heterocycles. The highest BCUT2D eigenvalue weighted by molar-refractivity contribution is 7.11. The molecule has 0 radical (unpaired) electrons. The van der Waals surface area contributed by atoms with Gasteiger partial charge in [0.05, 0.1) is 12.1 Å². The summed E-state index contributed by atoms with van der Waals surface area (Å²) in [4.78, 5) is 17.6. The molecule has 0 bridgehead atoms. The van der Waals surface area contributed by atoms with Crippen molar-refractivity contribution in [1.29, 1.82) is 0 Å². The number of ketones is 1. The van der Waals surface area contributed by atoms with Gasteiger partial charge in [0.15, 0.2) is 5.78 Å². The molecule has 0 unspecified atom stereocenters. The van der Waals surface area contributed by atoms with E-state index in [0.717, 1.165) is 35.5 Å². The molecule has 86 valence electrons. The molecule has 1 aromatic rings. The normalized spacial score (nSPS) is 16.0. The van der Waals surface area contributed by atoms with Gasteiger partial charge in [0.1, 0.15) is 5.01 Å². The van der Waals surface area contributed by atoms with E-state index in [-0.39, 0.29) is 5.78 Å². The molecule has 0 saturated heterocycles. The van der Waals surface area contributed by atoms with Crippen molar-refractivity contribution in [1.82, 2.24) is 4.98 Å². The highest BCUT2D eigenvalue weighted by atomic mass is 32.1. The van der Waals surface area contributed by atoms with Crippen molar-refractivity contribution >= 4 is 17.1 Å². The lowest BCUT2D eigenvalue weighted by Crippen LogP contribution is -2.08. The van der Waals surface area contributed by atoms with E-state index >= 15 is 0 Å². The number of allylic oxidation sites excluding steroid dienone is 2. The van der Waals surface area contributed by atoms with Crippen molar-refractivity contribution in [2.75, 3.05) is 0 Å². The minimum absolute atomic E-state index is 0.272. The summed E-state index contributed by atoms with van der Waals surface area (Å²) in [5.74, 6) is 0.272. The van der Waals surface area contributed by atoms with E-state index in [4.69, 9.17) is 0 Å². The number of rotatable bonds is 3. The van der Waals surface area contributed by atoms with Gasteiger partial charge < -0.3 is 0 Å². The van der Waals surface area contributed by atoms with Gasteiger partial charge in [0, 0.05) is 4.88 Å². The van der Waals surface area contributed by atoms with Crippen LogP contribution in [0, 0.1) is 13.8 Å². The van der Waals surface area contributed by atoms with Crippen molar-refractivity contribution in [3.8, 4) is 0 Å². The summed E-state index contributed by atoms with van der Waals surface area (Å²) >= 11 is 1.65. The van der Waals surface area contributed by atoms with Gasteiger partial charge in [-0.15, -0.1) is 11.3 Å². The van der Waals surface area contributed by atoms with Crippen LogP contribution in [0.5, 0.6) is 0 Å². The SMILES string of the molecule is Cc1nc(CC(=O)C2=CCCCC2)sc1C. The quantitative estimate of drug-likeness (QED) is 0.804. The molecule has 0 atom stereocenters. The smallest absolute Gasteiger partial charge is 0.165 e. The monoisotopic (exact) mass is 235 g/mol. The van der Waals surface area contributed by atoms with Crippen LogP contribution in [0.25, 0.3) is 0 Å². The molecule has 0 N–H and O–H groups in total. The van der Waals surface area contributed by atoms with Crippen LogP contribution in [0.4, 0.5) is 0 Å². The van der Waals surface area contributed by atoms with E-state index in [0.29, 0.717) is 6.42 Å². The number of aryl methyl sites for hydroxylation is 2. The summed E-state index contributed by atoms with van der Waals surface area (Å²) in [7, 11) is 0. The van der Waals surface area contributed by atoms with Gasteiger partial charge in [-0.05, 0) is 45.1 Å². The Morgan fingerprint density at radius 2 is 2.25 bits per heavy atom. The van der Waals surface area contributed by atoms with Gasteiger partial charge >= 0.3 is 0 Å². The van der Waals surface area contributed by atoms with Crippen molar-refractivity contribution in [2.45, 2.75) is 46.0 Å². The average molecular weight is 235 g/mol. The predicted molar refractivity (Wildman–Crippen MR) is 66.9 cm³/mol. The maximum absolute atomic E-state index is 12.0. The second-order valence-corrected chi connectivity index (χ2v) is 5.61. The number of thiazole rings is 1. The summed E-state index contributed by atoms with van der Waals surface area (Å²) in [6.45, 7) is 4.06. The predicted octanol–water partition coefficient (Wildman–Crippen LogP) is 3.37. The molecule has 0 fully saturated rings. The molecule has 0 aliphatic heterocycles. The van der Waals surface area contributed by atoms with Gasteiger partial charge in [-0.1, -0.05) is 6.08 Å². The maximum atomic E-state index is 12.0. The third-order valence-corrected chi connectivity index (χ3v) is 4.11. The standard InChI is InChI=1S/C13H17NOS/c1-9-10(2)16-13(14-9)8-12(15)11-6-4-3-5-7-11/h6H,3-5,7-8H2,1-2H3. The van der Waals surface area contributed by atoms with E-state index in [2.05, 4.69) is 18.0 Å². The minimum Gasteiger partial charge on any atom is -0.294 e. The first-order valence-corrected chi connectivity index (χ1v) is 6.63. The van der Waals surface area contributed by atoms with E-state index in [9.17, 15) is 4.79 Å². The van der Waals surface area contributed by atoms with Gasteiger partial charge in [0.2, 0.25) is 0 Å². The Morgan fingerprint density at radius 3 is 2.81 bits per heavy atom. The largest absolute Gasteiger partial charge is 0.294 e. The topological polar surface area (TPSA) is 30.0 Å². The molecule has 0 spiro atoms. The third-order valence-electron chi connectivity index (χ3n) is 3.03. The minimum atomic E-state index is 0.272. The zero-order valence-corrected chi connectivity index (χ0v) is 10.7. The fraction of sp³-hybridized carbons (Fsp3) is 0.538. The molecular formula is C13H17NOS. The number of hydrogen-bond acceptors (Lipinski definition) is 3. The summed E-state index contributed by atoms with van der Waals surface area (Å²) in [5.41, 5.74) is 2.09. The van der Waals surface area contributed by atoms with Gasteiger partial charge in [-0.3, -0.25) is 4.79 Å². The fourth-order valence-electron chi connectivity index (χ4n) is 1.96. The molecule has 3 heteroatoms. The molecule has 0 amide bonds. The zero-order valence-electron chi connectivity index (χ0n) is 9.88. The summed E-state index contributed by atoms with van der Waals surface area (Å²) in [6.07, 6.45) is 7.02. The number of Topliss-reactive ketones (excluding diaryl/α,β-unsaturated/α-hetero) is 1. The molecular weight excluding hydrogens is 218 g/mol. The number of carbonyl (C=O) groups excluding carboxylic acids is 1. The van der Waals surface area contributed by atoms with E-state index in [1.165, 1.54) is 11.3 Å². The lowest BCUT2D eigenvalue weighted by Gasteiger charge is -2.10. The number of aromatic nitrogens is 1. The highest BCUT2D eigenvalue weighted by Gasteiger charge is 2.15. The summed E-state index contributed by atoms with van der Waals surface area (Å²) in [6, 6.07) is 0. The van der Waals surface area contributed by atoms with Crippen LogP contribution in [0.2, 0.25) is 0 Å². The van der Waals surface area contributed by atoms with E-state index in [1.807, 2.05) is 6.92 Å². The molecule has 1 aliphatic rings. The van der Waals surface area contributed by atoms with Gasteiger partial charge in [-0.25, -0.2) is 4.98 Å². The average Bonchev–Trinajstić information content (AvgIpc) is 2.59. The molecule has 1 aromatic heterocycles. The number of hydrogen-bond donors (Lipinski definition) is 0. The van der Waals surface area contributed by atoms with Gasteiger partial charge in [-0.2, -0.15) is 0 Å². The van der Waals surface area contributed by atoms with Crippen molar-refractivity contribution in [3.63, 3.8) is 0 Å². The Balaban J connectivity index is 2.04. The Morgan fingerprint density at radius 1 is 1.44 bits per heavy atom. The summed E-state index contributed by atoms with van der Waals surface area (Å²) < 4.78 is 0. The first kappa shape index (κ1) is 11.5. The first-order valence-electron chi connectivity index (χ1n) is 5.82. The van der Waals surface area contributed by atoms with Crippen molar-refractivity contribution in [2.24, 2.45) is 0 Å². The molecule has 2 nitrogen and oxygen atoms in total. The fourth-order valence-corrected chi connectivity index (χ4v) is 2.89. The van der Waals surface area contributed by atoms with Gasteiger partial charge in [0.25, 0.3) is 0 Å². The molecule has 0 aromatic carbocycles. The lowest BCUT2D eigenvalue weighted by atomic mass is 9.95. The Kier molecular flexibility index (Phi) is 3.54. The van der Waals surface area contributed by atoms with Crippen LogP contribution < -0.4 is 0 Å². The number of nitrogens with zero attached hydrogens (tertiary/aromatic N) is 1. The highest BCUT2D eigenvalue weighted by Crippen LogP contribution is 2.22. The summed E-state index contributed by atoms with van der Waals surface area (Å²) in [5, 5.41) is 0.964. The zero-order chi connectivity index (χ0) is 11.5. The molecule has 0 saturated carbocycles. The van der Waals surface area contributed by atoms with Crippen LogP contribution in [0.3, 0.4) is 0 Å². The Labute approximate surface area is 100 Å². The first-order chi connectivity index (χ1) is 7.66. The van der Waals surface area contributed by atoms with Crippen LogP contribution in [-0.2, 0) is 11.2 Å². The lowest BCUT2D eigenvalue weighted by molar-refractivity contribution is -0.115. The van der Waals surface area contributed by atoms with Crippen LogP contribution >= 0.6 is 11.3 Å². The van der Waals surface area contributed by atoms with Crippen LogP contribution in [-0.4, -0.2) is 10.8 Å². The Hall–Kier alpha value is -0.960. The molecule has 1 aliphatic carbocycles.